The van der Waals surface area contributed by atoms with E-state index >= 15 is 0 Å². The number of aromatic nitrogens is 2. The Labute approximate surface area is 144 Å². The molecule has 2 aromatic rings. The van der Waals surface area contributed by atoms with Gasteiger partial charge in [-0.05, 0) is 17.7 Å². The molecule has 1 aliphatic rings. The molecule has 1 aliphatic heterocycles. The number of aryl methyl sites for hydroxylation is 1. The molecule has 2 atom stereocenters. The first-order chi connectivity index (χ1) is 11.8. The van der Waals surface area contributed by atoms with Gasteiger partial charge in [-0.1, -0.05) is 12.1 Å². The second-order valence-corrected chi connectivity index (χ2v) is 6.48. The van der Waals surface area contributed by atoms with Crippen LogP contribution in [0.2, 0.25) is 0 Å². The minimum atomic E-state index is -4.34. The van der Waals surface area contributed by atoms with Crippen molar-refractivity contribution in [1.82, 2.24) is 14.5 Å². The normalized spacial score (nSPS) is 21.6. The third-order valence-electron chi connectivity index (χ3n) is 4.25. The maximum absolute atomic E-state index is 12.3. The number of hydrogen-bond acceptors (Lipinski definition) is 4. The van der Waals surface area contributed by atoms with E-state index in [1.54, 1.807) is 18.5 Å². The van der Waals surface area contributed by atoms with Crippen LogP contribution in [-0.2, 0) is 13.6 Å². The molecule has 1 saturated heterocycles. The monoisotopic (exact) mass is 354 g/mol. The Morgan fingerprint density at radius 3 is 2.80 bits per heavy atom. The lowest BCUT2D eigenvalue weighted by atomic mass is 10.0. The van der Waals surface area contributed by atoms with Crippen molar-refractivity contribution in [1.29, 1.82) is 0 Å². The molecular formula is C17H21F3N4O. The van der Waals surface area contributed by atoms with E-state index in [0.29, 0.717) is 6.54 Å². The zero-order valence-electron chi connectivity index (χ0n) is 13.9. The first-order valence-corrected chi connectivity index (χ1v) is 8.04. The van der Waals surface area contributed by atoms with Crippen LogP contribution in [0, 0.1) is 0 Å². The second-order valence-electron chi connectivity index (χ2n) is 6.48. The van der Waals surface area contributed by atoms with Crippen molar-refractivity contribution in [2.75, 3.05) is 19.7 Å². The summed E-state index contributed by atoms with van der Waals surface area (Å²) < 4.78 is 43.5. The molecular weight excluding hydrogens is 333 g/mol. The van der Waals surface area contributed by atoms with Gasteiger partial charge < -0.3 is 15.0 Å². The predicted octanol–water partition coefficient (Wildman–Crippen LogP) is 2.29. The van der Waals surface area contributed by atoms with Crippen molar-refractivity contribution in [3.63, 3.8) is 0 Å². The molecule has 0 amide bonds. The summed E-state index contributed by atoms with van der Waals surface area (Å²) in [6, 6.07) is 6.74. The fourth-order valence-electron chi connectivity index (χ4n) is 3.14. The summed E-state index contributed by atoms with van der Waals surface area (Å²) in [5, 5.41) is 0. The fraction of sp³-hybridized carbons (Fsp3) is 0.471. The van der Waals surface area contributed by atoms with Gasteiger partial charge in [0.2, 0.25) is 0 Å². The number of nitrogens with zero attached hydrogens (tertiary/aromatic N) is 3. The van der Waals surface area contributed by atoms with Crippen molar-refractivity contribution in [2.24, 2.45) is 12.8 Å². The van der Waals surface area contributed by atoms with Crippen LogP contribution in [0.3, 0.4) is 0 Å². The molecule has 0 aliphatic carbocycles. The molecule has 2 heterocycles. The van der Waals surface area contributed by atoms with Crippen LogP contribution >= 0.6 is 0 Å². The zero-order chi connectivity index (χ0) is 18.0. The lowest BCUT2D eigenvalue weighted by molar-refractivity contribution is -0.153. The van der Waals surface area contributed by atoms with Gasteiger partial charge in [0.1, 0.15) is 5.75 Å². The van der Waals surface area contributed by atoms with E-state index in [-0.39, 0.29) is 17.7 Å². The van der Waals surface area contributed by atoms with Gasteiger partial charge in [-0.2, -0.15) is 13.2 Å². The van der Waals surface area contributed by atoms with E-state index in [9.17, 15) is 13.2 Å². The quantitative estimate of drug-likeness (QED) is 0.895. The SMILES string of the molecule is Cn1cnc([C@@H]2CN(Cc3cccc(OCC(F)(F)F)c3)C[C@H]2N)c1. The average Bonchev–Trinajstić information content (AvgIpc) is 3.11. The molecule has 1 fully saturated rings. The molecule has 0 bridgehead atoms. The first kappa shape index (κ1) is 17.8. The van der Waals surface area contributed by atoms with E-state index in [1.807, 2.05) is 23.9 Å². The van der Waals surface area contributed by atoms with Crippen molar-refractivity contribution < 1.29 is 17.9 Å². The molecule has 3 rings (SSSR count). The Kier molecular flexibility index (Phi) is 5.01. The first-order valence-electron chi connectivity index (χ1n) is 8.04. The number of ether oxygens (including phenoxy) is 1. The number of nitrogens with two attached hydrogens (primary N) is 1. The number of benzene rings is 1. The van der Waals surface area contributed by atoms with E-state index in [0.717, 1.165) is 24.3 Å². The number of halogens is 3. The number of imidazole rings is 1. The van der Waals surface area contributed by atoms with Gasteiger partial charge in [0.25, 0.3) is 0 Å². The van der Waals surface area contributed by atoms with Gasteiger partial charge in [-0.25, -0.2) is 4.98 Å². The van der Waals surface area contributed by atoms with Gasteiger partial charge in [0.05, 0.1) is 12.0 Å². The van der Waals surface area contributed by atoms with Crippen LogP contribution in [0.15, 0.2) is 36.8 Å². The molecule has 0 spiro atoms. The Hall–Kier alpha value is -2.06. The van der Waals surface area contributed by atoms with E-state index in [1.165, 1.54) is 6.07 Å². The number of alkyl halides is 3. The zero-order valence-corrected chi connectivity index (χ0v) is 13.9. The number of rotatable bonds is 5. The Morgan fingerprint density at radius 1 is 1.32 bits per heavy atom. The van der Waals surface area contributed by atoms with Crippen molar-refractivity contribution in [2.45, 2.75) is 24.7 Å². The molecule has 25 heavy (non-hydrogen) atoms. The highest BCUT2D eigenvalue weighted by molar-refractivity contribution is 5.29. The maximum Gasteiger partial charge on any atom is 0.422 e. The van der Waals surface area contributed by atoms with Crippen molar-refractivity contribution >= 4 is 0 Å². The van der Waals surface area contributed by atoms with E-state index < -0.39 is 12.8 Å². The van der Waals surface area contributed by atoms with Crippen LogP contribution in [0.5, 0.6) is 5.75 Å². The highest BCUT2D eigenvalue weighted by atomic mass is 19.4. The van der Waals surface area contributed by atoms with Gasteiger partial charge in [-0.15, -0.1) is 0 Å². The van der Waals surface area contributed by atoms with E-state index in [2.05, 4.69) is 9.88 Å². The van der Waals surface area contributed by atoms with E-state index in [4.69, 9.17) is 10.5 Å². The third kappa shape index (κ3) is 4.73. The van der Waals surface area contributed by atoms with Crippen LogP contribution < -0.4 is 10.5 Å². The fourth-order valence-corrected chi connectivity index (χ4v) is 3.14. The highest BCUT2D eigenvalue weighted by Gasteiger charge is 2.32. The lowest BCUT2D eigenvalue weighted by Gasteiger charge is -2.16. The van der Waals surface area contributed by atoms with Crippen LogP contribution in [0.1, 0.15) is 17.2 Å². The summed E-state index contributed by atoms with van der Waals surface area (Å²) in [5.74, 6) is 0.380. The highest BCUT2D eigenvalue weighted by Crippen LogP contribution is 2.27. The van der Waals surface area contributed by atoms with Gasteiger partial charge >= 0.3 is 6.18 Å². The van der Waals surface area contributed by atoms with Gasteiger partial charge in [-0.3, -0.25) is 4.90 Å². The maximum atomic E-state index is 12.3. The summed E-state index contributed by atoms with van der Waals surface area (Å²) >= 11 is 0. The lowest BCUT2D eigenvalue weighted by Crippen LogP contribution is -2.28. The van der Waals surface area contributed by atoms with Gasteiger partial charge in [0, 0.05) is 44.8 Å². The molecule has 2 N–H and O–H groups in total. The topological polar surface area (TPSA) is 56.3 Å². The molecule has 5 nitrogen and oxygen atoms in total. The van der Waals surface area contributed by atoms with Crippen LogP contribution in [0.4, 0.5) is 13.2 Å². The Morgan fingerprint density at radius 2 is 2.12 bits per heavy atom. The molecule has 8 heteroatoms. The smallest absolute Gasteiger partial charge is 0.422 e. The molecule has 1 aromatic carbocycles. The summed E-state index contributed by atoms with van der Waals surface area (Å²) in [4.78, 5) is 6.57. The predicted molar refractivity (Wildman–Crippen MR) is 87.2 cm³/mol. The molecule has 0 saturated carbocycles. The average molecular weight is 354 g/mol. The number of hydrogen-bond donors (Lipinski definition) is 1. The summed E-state index contributed by atoms with van der Waals surface area (Å²) in [5.41, 5.74) is 8.12. The Balaban J connectivity index is 1.61. The second kappa shape index (κ2) is 7.05. The van der Waals surface area contributed by atoms with Crippen molar-refractivity contribution in [3.05, 3.63) is 48.0 Å². The molecule has 136 valence electrons. The Bertz CT molecular complexity index is 716. The van der Waals surface area contributed by atoms with Gasteiger partial charge in [0.15, 0.2) is 6.61 Å². The summed E-state index contributed by atoms with van der Waals surface area (Å²) in [6.07, 6.45) is -0.612. The minimum absolute atomic E-state index is 0.0143. The third-order valence-corrected chi connectivity index (χ3v) is 4.25. The molecule has 0 unspecified atom stereocenters. The minimum Gasteiger partial charge on any atom is -0.484 e. The van der Waals surface area contributed by atoms with Crippen molar-refractivity contribution in [3.8, 4) is 5.75 Å². The summed E-state index contributed by atoms with van der Waals surface area (Å²) in [6.45, 7) is 0.813. The van der Waals surface area contributed by atoms with Crippen LogP contribution in [-0.4, -0.2) is 46.4 Å². The largest absolute Gasteiger partial charge is 0.484 e. The summed E-state index contributed by atoms with van der Waals surface area (Å²) in [7, 11) is 1.92. The number of likely N-dealkylation sites (tertiary alicyclic amines) is 1. The molecule has 1 aromatic heterocycles. The standard InChI is InChI=1S/C17H21F3N4O/c1-23-9-16(22-11-23)14-7-24(8-15(14)21)6-12-3-2-4-13(5-12)25-10-17(18,19)20/h2-5,9,11,14-15H,6-8,10,21H2,1H3/t14-,15-/m1/s1. The molecule has 0 radical (unpaired) electrons. The van der Waals surface area contributed by atoms with Crippen LogP contribution in [0.25, 0.3) is 0 Å².